The Morgan fingerprint density at radius 1 is 1.22 bits per heavy atom. The van der Waals surface area contributed by atoms with E-state index in [2.05, 4.69) is 38.8 Å². The van der Waals surface area contributed by atoms with Crippen LogP contribution >= 0.6 is 7.92 Å². The maximum absolute atomic E-state index is 13.9. The van der Waals surface area contributed by atoms with Crippen molar-refractivity contribution in [3.8, 4) is 0 Å². The molecule has 0 spiro atoms. The molecule has 2 aliphatic rings. The fourth-order valence-corrected chi connectivity index (χ4v) is 5.84. The average Bonchev–Trinajstić information content (AvgIpc) is 3.33. The Labute approximate surface area is 188 Å². The van der Waals surface area contributed by atoms with Gasteiger partial charge in [-0.05, 0) is 51.5 Å². The molecule has 32 heavy (non-hydrogen) atoms. The molecule has 4 rings (SSSR count). The minimum Gasteiger partial charge on any atom is -0.360 e. The van der Waals surface area contributed by atoms with Crippen LogP contribution in [0.5, 0.6) is 0 Å². The van der Waals surface area contributed by atoms with Gasteiger partial charge in [-0.25, -0.2) is 4.99 Å². The number of halogens is 3. The van der Waals surface area contributed by atoms with Gasteiger partial charge in [-0.3, -0.25) is 0 Å². The number of aromatic amines is 1. The molecular formula is C23H31F3N5P. The van der Waals surface area contributed by atoms with Crippen molar-refractivity contribution in [3.63, 3.8) is 0 Å². The number of H-pyrrole nitrogens is 1. The van der Waals surface area contributed by atoms with E-state index in [0.717, 1.165) is 42.0 Å². The van der Waals surface area contributed by atoms with Gasteiger partial charge in [0.1, 0.15) is 0 Å². The number of nitrogens with one attached hydrogen (secondary N) is 3. The third-order valence-corrected chi connectivity index (χ3v) is 7.64. The molecule has 1 aliphatic heterocycles. The van der Waals surface area contributed by atoms with Crippen LogP contribution in [0.1, 0.15) is 24.8 Å². The number of guanidine groups is 1. The first-order valence-corrected chi connectivity index (χ1v) is 13.2. The van der Waals surface area contributed by atoms with Crippen molar-refractivity contribution < 1.29 is 13.2 Å². The molecule has 1 saturated carbocycles. The molecule has 174 valence electrons. The zero-order valence-corrected chi connectivity index (χ0v) is 19.9. The van der Waals surface area contributed by atoms with Gasteiger partial charge in [0.25, 0.3) is 0 Å². The van der Waals surface area contributed by atoms with Gasteiger partial charge in [0.15, 0.2) is 5.96 Å². The molecule has 1 unspecified atom stereocenters. The predicted octanol–water partition coefficient (Wildman–Crippen LogP) is 4.09. The van der Waals surface area contributed by atoms with Crippen LogP contribution in [0.15, 0.2) is 35.0 Å². The Kier molecular flexibility index (Phi) is 6.55. The van der Waals surface area contributed by atoms with Gasteiger partial charge >= 0.3 is 6.18 Å². The first-order valence-electron chi connectivity index (χ1n) is 11.0. The van der Waals surface area contributed by atoms with Crippen molar-refractivity contribution >= 4 is 35.8 Å². The first kappa shape index (κ1) is 23.1. The molecule has 0 amide bonds. The molecule has 5 nitrogen and oxygen atoms in total. The summed E-state index contributed by atoms with van der Waals surface area (Å²) in [5, 5.41) is 8.40. The van der Waals surface area contributed by atoms with E-state index in [1.54, 1.807) is 6.20 Å². The van der Waals surface area contributed by atoms with E-state index in [-0.39, 0.29) is 18.3 Å². The van der Waals surface area contributed by atoms with Crippen molar-refractivity contribution in [2.45, 2.75) is 31.5 Å². The van der Waals surface area contributed by atoms with Crippen molar-refractivity contribution in [2.24, 2.45) is 10.9 Å². The van der Waals surface area contributed by atoms with Gasteiger partial charge < -0.3 is 20.5 Å². The highest BCUT2D eigenvalue weighted by Gasteiger charge is 2.39. The summed E-state index contributed by atoms with van der Waals surface area (Å²) in [6.45, 7) is 4.85. The highest BCUT2D eigenvalue weighted by atomic mass is 31.1. The zero-order valence-electron chi connectivity index (χ0n) is 19.0. The van der Waals surface area contributed by atoms with E-state index in [4.69, 9.17) is 0 Å². The summed E-state index contributed by atoms with van der Waals surface area (Å²) in [7, 11) is 3.70. The lowest BCUT2D eigenvalue weighted by molar-refractivity contribution is -0.0918. The fourth-order valence-electron chi connectivity index (χ4n) is 4.82. The number of fused-ring (bicyclic) bond motifs is 1. The Hall–Kier alpha value is -2.05. The minimum absolute atomic E-state index is 0.0945. The zero-order chi connectivity index (χ0) is 23.0. The standard InChI is InChI=1S/C23H31F3N5P/c1-31(2)13-14-7-5-9-18(14)29-22-28-12-17(23(24,25)26)20(30-22)16-11-27-21-15(16)8-6-10-19(21)32(3)4/h6,8,10-11,14,18,27H,5,7,9,12-13H2,1-4H3,(H2,28,29,30)/t14?,18-/m0/s1. The number of nitrogens with zero attached hydrogens (tertiary/aromatic N) is 2. The summed E-state index contributed by atoms with van der Waals surface area (Å²) >= 11 is 0. The van der Waals surface area contributed by atoms with Crippen LogP contribution in [0.25, 0.3) is 16.6 Å². The summed E-state index contributed by atoms with van der Waals surface area (Å²) in [6.07, 6.45) is 0.456. The van der Waals surface area contributed by atoms with Gasteiger partial charge in [-0.1, -0.05) is 32.5 Å². The molecule has 1 fully saturated rings. The fraction of sp³-hybridized carbons (Fsp3) is 0.522. The second kappa shape index (κ2) is 9.06. The minimum atomic E-state index is -4.46. The Morgan fingerprint density at radius 2 is 2.00 bits per heavy atom. The predicted molar refractivity (Wildman–Crippen MR) is 128 cm³/mol. The highest BCUT2D eigenvalue weighted by molar-refractivity contribution is 7.64. The number of para-hydroxylation sites is 1. The smallest absolute Gasteiger partial charge is 0.360 e. The lowest BCUT2D eigenvalue weighted by Crippen LogP contribution is -2.48. The topological polar surface area (TPSA) is 55.5 Å². The Morgan fingerprint density at radius 3 is 2.69 bits per heavy atom. The van der Waals surface area contributed by atoms with Crippen molar-refractivity contribution in [2.75, 3.05) is 40.5 Å². The van der Waals surface area contributed by atoms with Crippen LogP contribution in [0, 0.1) is 5.92 Å². The quantitative estimate of drug-likeness (QED) is 0.584. The maximum Gasteiger partial charge on any atom is 0.416 e. The van der Waals surface area contributed by atoms with E-state index < -0.39 is 19.7 Å². The molecular weight excluding hydrogens is 434 g/mol. The van der Waals surface area contributed by atoms with E-state index in [1.807, 2.05) is 32.3 Å². The number of hydrogen-bond acceptors (Lipinski definition) is 4. The summed E-state index contributed by atoms with van der Waals surface area (Å²) in [6, 6.07) is 6.05. The summed E-state index contributed by atoms with van der Waals surface area (Å²) in [5.74, 6) is 0.886. The van der Waals surface area contributed by atoms with Crippen LogP contribution in [0.4, 0.5) is 13.2 Å². The number of aromatic nitrogens is 1. The van der Waals surface area contributed by atoms with Gasteiger partial charge in [0, 0.05) is 29.7 Å². The molecule has 2 aromatic rings. The molecule has 9 heteroatoms. The SMILES string of the molecule is CN(C)CC1CCC[C@@H]1NC1=NCC(C(F)(F)F)=C(c2c[nH]c3c(P(C)C)cccc23)N1. The number of hydrogen-bond donors (Lipinski definition) is 3. The second-order valence-electron chi connectivity index (χ2n) is 9.14. The number of benzene rings is 1. The molecule has 0 bridgehead atoms. The van der Waals surface area contributed by atoms with Gasteiger partial charge in [-0.2, -0.15) is 13.2 Å². The second-order valence-corrected chi connectivity index (χ2v) is 11.4. The lowest BCUT2D eigenvalue weighted by Gasteiger charge is -2.29. The van der Waals surface area contributed by atoms with E-state index in [1.165, 1.54) is 0 Å². The van der Waals surface area contributed by atoms with E-state index >= 15 is 0 Å². The largest absolute Gasteiger partial charge is 0.416 e. The van der Waals surface area contributed by atoms with Crippen LogP contribution in [0.2, 0.25) is 0 Å². The monoisotopic (exact) mass is 465 g/mol. The van der Waals surface area contributed by atoms with Gasteiger partial charge in [0.05, 0.1) is 23.3 Å². The summed E-state index contributed by atoms with van der Waals surface area (Å²) in [5.41, 5.74) is 0.905. The maximum atomic E-state index is 13.9. The van der Waals surface area contributed by atoms with Gasteiger partial charge in [0.2, 0.25) is 0 Å². The summed E-state index contributed by atoms with van der Waals surface area (Å²) < 4.78 is 41.8. The molecule has 3 N–H and O–H groups in total. The molecule has 0 saturated heterocycles. The van der Waals surface area contributed by atoms with Crippen LogP contribution in [0.3, 0.4) is 0 Å². The van der Waals surface area contributed by atoms with Gasteiger partial charge in [-0.15, -0.1) is 0 Å². The van der Waals surface area contributed by atoms with E-state index in [9.17, 15) is 13.2 Å². The molecule has 0 radical (unpaired) electrons. The molecule has 2 heterocycles. The Balaban J connectivity index is 1.66. The molecule has 1 aromatic heterocycles. The number of rotatable bonds is 5. The average molecular weight is 466 g/mol. The molecule has 1 aliphatic carbocycles. The lowest BCUT2D eigenvalue weighted by atomic mass is 10.0. The third-order valence-electron chi connectivity index (χ3n) is 6.31. The first-order chi connectivity index (χ1) is 15.1. The highest BCUT2D eigenvalue weighted by Crippen LogP contribution is 2.37. The Bertz CT molecular complexity index is 1040. The summed E-state index contributed by atoms with van der Waals surface area (Å²) in [4.78, 5) is 9.63. The van der Waals surface area contributed by atoms with Crippen LogP contribution < -0.4 is 15.9 Å². The van der Waals surface area contributed by atoms with Crippen LogP contribution in [-0.2, 0) is 0 Å². The van der Waals surface area contributed by atoms with Crippen LogP contribution in [-0.4, -0.2) is 68.6 Å². The normalized spacial score (nSPS) is 22.1. The van der Waals surface area contributed by atoms with Crippen molar-refractivity contribution in [3.05, 3.63) is 35.5 Å². The van der Waals surface area contributed by atoms with E-state index in [0.29, 0.717) is 17.4 Å². The van der Waals surface area contributed by atoms with Crippen molar-refractivity contribution in [1.29, 1.82) is 0 Å². The molecule has 1 aromatic carbocycles. The third kappa shape index (κ3) is 4.67. The molecule has 2 atom stereocenters. The van der Waals surface area contributed by atoms with Crippen molar-refractivity contribution in [1.82, 2.24) is 20.5 Å². The number of aliphatic imine (C=N–C) groups is 1. The number of alkyl halides is 3.